The van der Waals surface area contributed by atoms with Crippen LogP contribution in [-0.4, -0.2) is 48.9 Å². The number of carbonyl (C=O) groups is 2. The van der Waals surface area contributed by atoms with E-state index in [2.05, 4.69) is 10.6 Å². The first-order valence-corrected chi connectivity index (χ1v) is 6.03. The highest BCUT2D eigenvalue weighted by Crippen LogP contribution is 2.27. The van der Waals surface area contributed by atoms with Gasteiger partial charge in [-0.1, -0.05) is 0 Å². The number of hydrogen-bond donors (Lipinski definition) is 2. The van der Waals surface area contributed by atoms with Gasteiger partial charge in [0.25, 0.3) is 0 Å². The van der Waals surface area contributed by atoms with E-state index in [9.17, 15) is 9.59 Å². The van der Waals surface area contributed by atoms with Crippen molar-refractivity contribution >= 4 is 11.8 Å². The molecule has 0 aromatic carbocycles. The highest BCUT2D eigenvalue weighted by atomic mass is 16.2. The quantitative estimate of drug-likeness (QED) is 0.596. The van der Waals surface area contributed by atoms with Crippen molar-refractivity contribution in [3.8, 4) is 0 Å². The molecule has 0 bridgehead atoms. The Morgan fingerprint density at radius 3 is 2.50 bits per heavy atom. The molecule has 2 N–H and O–H groups in total. The van der Waals surface area contributed by atoms with Gasteiger partial charge < -0.3 is 15.5 Å². The first-order chi connectivity index (χ1) is 7.74. The number of nitrogens with one attached hydrogen (secondary N) is 2. The maximum Gasteiger partial charge on any atom is 0.245 e. The number of carbonyl (C=O) groups excluding carboxylic acids is 2. The number of nitrogens with zero attached hydrogens (tertiary/aromatic N) is 1. The number of hydrogen-bond acceptors (Lipinski definition) is 3. The molecule has 3 aliphatic heterocycles. The highest BCUT2D eigenvalue weighted by Gasteiger charge is 2.40. The monoisotopic (exact) mass is 223 g/mol. The van der Waals surface area contributed by atoms with Gasteiger partial charge in [-0.05, 0) is 18.3 Å². The van der Waals surface area contributed by atoms with Gasteiger partial charge in [0.05, 0.1) is 0 Å². The maximum absolute atomic E-state index is 12.1. The summed E-state index contributed by atoms with van der Waals surface area (Å²) >= 11 is 0. The Morgan fingerprint density at radius 2 is 1.94 bits per heavy atom. The summed E-state index contributed by atoms with van der Waals surface area (Å²) in [7, 11) is 0. The third kappa shape index (κ3) is 1.59. The van der Waals surface area contributed by atoms with Gasteiger partial charge in [0, 0.05) is 32.6 Å². The SMILES string of the molecule is O=C1CCC(C(=O)N2CC3CNCC3C2)N1. The lowest BCUT2D eigenvalue weighted by Crippen LogP contribution is -2.44. The second kappa shape index (κ2) is 3.73. The van der Waals surface area contributed by atoms with Crippen molar-refractivity contribution in [1.29, 1.82) is 0 Å². The smallest absolute Gasteiger partial charge is 0.245 e. The molecule has 5 heteroatoms. The summed E-state index contributed by atoms with van der Waals surface area (Å²) in [5.41, 5.74) is 0. The molecule has 3 heterocycles. The Balaban J connectivity index is 1.62. The fourth-order valence-corrected chi connectivity index (χ4v) is 3.06. The molecule has 3 unspecified atom stereocenters. The van der Waals surface area contributed by atoms with Crippen molar-refractivity contribution in [2.75, 3.05) is 26.2 Å². The van der Waals surface area contributed by atoms with Crippen molar-refractivity contribution < 1.29 is 9.59 Å². The third-order valence-electron chi connectivity index (χ3n) is 3.99. The fourth-order valence-electron chi connectivity index (χ4n) is 3.06. The summed E-state index contributed by atoms with van der Waals surface area (Å²) < 4.78 is 0. The van der Waals surface area contributed by atoms with Crippen molar-refractivity contribution in [1.82, 2.24) is 15.5 Å². The van der Waals surface area contributed by atoms with Gasteiger partial charge in [0.15, 0.2) is 0 Å². The van der Waals surface area contributed by atoms with Crippen molar-refractivity contribution in [2.45, 2.75) is 18.9 Å². The van der Waals surface area contributed by atoms with Crippen LogP contribution in [0, 0.1) is 11.8 Å². The van der Waals surface area contributed by atoms with Gasteiger partial charge in [-0.15, -0.1) is 0 Å². The Labute approximate surface area is 94.6 Å². The molecule has 0 aromatic rings. The summed E-state index contributed by atoms with van der Waals surface area (Å²) in [4.78, 5) is 25.1. The first kappa shape index (κ1) is 10.1. The van der Waals surface area contributed by atoms with E-state index in [1.807, 2.05) is 4.90 Å². The molecule has 2 amide bonds. The van der Waals surface area contributed by atoms with E-state index in [4.69, 9.17) is 0 Å². The maximum atomic E-state index is 12.1. The molecule has 88 valence electrons. The lowest BCUT2D eigenvalue weighted by atomic mass is 10.0. The number of amides is 2. The van der Waals surface area contributed by atoms with Gasteiger partial charge in [0.2, 0.25) is 11.8 Å². The lowest BCUT2D eigenvalue weighted by molar-refractivity contribution is -0.133. The summed E-state index contributed by atoms with van der Waals surface area (Å²) in [6, 6.07) is -0.251. The number of likely N-dealkylation sites (tertiary alicyclic amines) is 1. The van der Waals surface area contributed by atoms with Gasteiger partial charge in [-0.2, -0.15) is 0 Å². The van der Waals surface area contributed by atoms with E-state index < -0.39 is 0 Å². The van der Waals surface area contributed by atoms with Crippen molar-refractivity contribution in [2.24, 2.45) is 11.8 Å². The van der Waals surface area contributed by atoms with Gasteiger partial charge in [-0.3, -0.25) is 9.59 Å². The van der Waals surface area contributed by atoms with Gasteiger partial charge in [-0.25, -0.2) is 0 Å². The van der Waals surface area contributed by atoms with Crippen LogP contribution in [0.1, 0.15) is 12.8 Å². The third-order valence-corrected chi connectivity index (χ3v) is 3.99. The second-order valence-electron chi connectivity index (χ2n) is 5.08. The van der Waals surface area contributed by atoms with Crippen molar-refractivity contribution in [3.05, 3.63) is 0 Å². The van der Waals surface area contributed by atoms with Crippen LogP contribution in [0.4, 0.5) is 0 Å². The zero-order valence-corrected chi connectivity index (χ0v) is 9.24. The van der Waals surface area contributed by atoms with E-state index in [0.29, 0.717) is 24.7 Å². The summed E-state index contributed by atoms with van der Waals surface area (Å²) in [6.07, 6.45) is 1.17. The zero-order valence-electron chi connectivity index (χ0n) is 9.24. The standard InChI is InChI=1S/C11H17N3O2/c15-10-2-1-9(13-10)11(16)14-5-7-3-12-4-8(7)6-14/h7-9,12H,1-6H2,(H,13,15). The van der Waals surface area contributed by atoms with Gasteiger partial charge in [0.1, 0.15) is 6.04 Å². The van der Waals surface area contributed by atoms with Crippen LogP contribution in [-0.2, 0) is 9.59 Å². The Bertz CT molecular complexity index is 319. The summed E-state index contributed by atoms with van der Waals surface area (Å²) in [5, 5.41) is 6.10. The lowest BCUT2D eigenvalue weighted by Gasteiger charge is -2.21. The number of rotatable bonds is 1. The van der Waals surface area contributed by atoms with E-state index >= 15 is 0 Å². The fraction of sp³-hybridized carbons (Fsp3) is 0.818. The van der Waals surface area contributed by atoms with Crippen molar-refractivity contribution in [3.63, 3.8) is 0 Å². The molecule has 0 spiro atoms. The molecular formula is C11H17N3O2. The number of fused-ring (bicyclic) bond motifs is 1. The Kier molecular flexibility index (Phi) is 2.35. The topological polar surface area (TPSA) is 61.4 Å². The molecular weight excluding hydrogens is 206 g/mol. The zero-order chi connectivity index (χ0) is 11.1. The molecule has 0 aromatic heterocycles. The molecule has 3 saturated heterocycles. The van der Waals surface area contributed by atoms with E-state index in [1.165, 1.54) is 0 Å². The van der Waals surface area contributed by atoms with Crippen LogP contribution >= 0.6 is 0 Å². The molecule has 3 fully saturated rings. The minimum Gasteiger partial charge on any atom is -0.344 e. The summed E-state index contributed by atoms with van der Waals surface area (Å²) in [6.45, 7) is 3.79. The molecule has 0 aliphatic carbocycles. The molecule has 0 saturated carbocycles. The van der Waals surface area contributed by atoms with Crippen LogP contribution in [0.2, 0.25) is 0 Å². The van der Waals surface area contributed by atoms with Crippen LogP contribution in [0.25, 0.3) is 0 Å². The molecule has 5 nitrogen and oxygen atoms in total. The van der Waals surface area contributed by atoms with Crippen LogP contribution in [0.5, 0.6) is 0 Å². The molecule has 3 aliphatic rings. The second-order valence-corrected chi connectivity index (χ2v) is 5.08. The van der Waals surface area contributed by atoms with E-state index in [-0.39, 0.29) is 17.9 Å². The predicted octanol–water partition coefficient (Wildman–Crippen LogP) is -1.06. The Hall–Kier alpha value is -1.10. The minimum absolute atomic E-state index is 0.0133. The average Bonchev–Trinajstić information content (AvgIpc) is 2.89. The average molecular weight is 223 g/mol. The summed E-state index contributed by atoms with van der Waals surface area (Å²) in [5.74, 6) is 1.39. The molecule has 16 heavy (non-hydrogen) atoms. The van der Waals surface area contributed by atoms with Gasteiger partial charge >= 0.3 is 0 Å². The Morgan fingerprint density at radius 1 is 1.25 bits per heavy atom. The largest absolute Gasteiger partial charge is 0.344 e. The molecule has 3 atom stereocenters. The molecule has 0 radical (unpaired) electrons. The van der Waals surface area contributed by atoms with Crippen LogP contribution < -0.4 is 10.6 Å². The highest BCUT2D eigenvalue weighted by molar-refractivity contribution is 5.90. The van der Waals surface area contributed by atoms with Crippen LogP contribution in [0.3, 0.4) is 0 Å². The van der Waals surface area contributed by atoms with Crippen LogP contribution in [0.15, 0.2) is 0 Å². The van der Waals surface area contributed by atoms with E-state index in [1.54, 1.807) is 0 Å². The minimum atomic E-state index is -0.251. The normalized spacial score (nSPS) is 37.6. The first-order valence-electron chi connectivity index (χ1n) is 6.03. The predicted molar refractivity (Wildman–Crippen MR) is 57.6 cm³/mol. The molecule has 3 rings (SSSR count). The van der Waals surface area contributed by atoms with E-state index in [0.717, 1.165) is 26.2 Å².